The molecule has 142 valence electrons. The van der Waals surface area contributed by atoms with E-state index in [4.69, 9.17) is 10.00 Å². The van der Waals surface area contributed by atoms with Crippen LogP contribution in [-0.2, 0) is 16.6 Å². The van der Waals surface area contributed by atoms with Gasteiger partial charge in [-0.25, -0.2) is 8.42 Å². The van der Waals surface area contributed by atoms with Crippen LogP contribution in [0.25, 0.3) is 0 Å². The average Bonchev–Trinajstić information content (AvgIpc) is 2.70. The van der Waals surface area contributed by atoms with E-state index in [1.54, 1.807) is 28.6 Å². The Labute approximate surface area is 160 Å². The summed E-state index contributed by atoms with van der Waals surface area (Å²) in [7, 11) is -3.47. The fourth-order valence-corrected chi connectivity index (χ4v) is 4.67. The van der Waals surface area contributed by atoms with Crippen molar-refractivity contribution in [2.24, 2.45) is 0 Å². The van der Waals surface area contributed by atoms with E-state index >= 15 is 0 Å². The number of rotatable bonds is 6. The van der Waals surface area contributed by atoms with Gasteiger partial charge in [-0.3, -0.25) is 0 Å². The molecule has 1 heterocycles. The van der Waals surface area contributed by atoms with Crippen LogP contribution in [-0.4, -0.2) is 45.5 Å². The highest BCUT2D eigenvalue weighted by Gasteiger charge is 2.30. The Morgan fingerprint density at radius 1 is 1.07 bits per heavy atom. The zero-order valence-corrected chi connectivity index (χ0v) is 16.2. The lowest BCUT2D eigenvalue weighted by Gasteiger charge is -2.31. The molecule has 2 aromatic rings. The summed E-state index contributed by atoms with van der Waals surface area (Å²) in [5, 5.41) is 8.87. The molecule has 0 saturated carbocycles. The number of benzene rings is 2. The van der Waals surface area contributed by atoms with Crippen molar-refractivity contribution >= 4 is 10.0 Å². The van der Waals surface area contributed by atoms with E-state index in [9.17, 15) is 8.42 Å². The van der Waals surface area contributed by atoms with E-state index in [2.05, 4.69) is 6.07 Å². The molecule has 0 aromatic heterocycles. The van der Waals surface area contributed by atoms with Gasteiger partial charge < -0.3 is 9.64 Å². The van der Waals surface area contributed by atoms with Crippen LogP contribution in [0.1, 0.15) is 18.1 Å². The maximum absolute atomic E-state index is 12.8. The van der Waals surface area contributed by atoms with Crippen molar-refractivity contribution in [2.75, 3.05) is 32.8 Å². The zero-order chi connectivity index (χ0) is 19.3. The summed E-state index contributed by atoms with van der Waals surface area (Å²) in [4.78, 5) is 1.65. The van der Waals surface area contributed by atoms with Gasteiger partial charge in [0.1, 0.15) is 12.3 Å². The van der Waals surface area contributed by atoms with Crippen molar-refractivity contribution in [3.05, 3.63) is 59.7 Å². The third-order valence-corrected chi connectivity index (χ3v) is 6.65. The maximum atomic E-state index is 12.8. The van der Waals surface area contributed by atoms with Gasteiger partial charge in [0.15, 0.2) is 0 Å². The number of piperazine rings is 1. The van der Waals surface area contributed by atoms with Gasteiger partial charge in [0, 0.05) is 5.56 Å². The van der Waals surface area contributed by atoms with Crippen molar-refractivity contribution in [1.29, 1.82) is 5.26 Å². The molecule has 1 fully saturated rings. The lowest BCUT2D eigenvalue weighted by Crippen LogP contribution is -3.13. The van der Waals surface area contributed by atoms with Gasteiger partial charge in [-0.2, -0.15) is 9.57 Å². The predicted molar refractivity (Wildman–Crippen MR) is 102 cm³/mol. The van der Waals surface area contributed by atoms with E-state index in [1.807, 2.05) is 31.2 Å². The van der Waals surface area contributed by atoms with Crippen molar-refractivity contribution in [3.8, 4) is 11.8 Å². The number of nitrogens with one attached hydrogen (secondary N) is 1. The van der Waals surface area contributed by atoms with E-state index < -0.39 is 10.0 Å². The molecule has 6 nitrogen and oxygen atoms in total. The number of ether oxygens (including phenoxy) is 1. The summed E-state index contributed by atoms with van der Waals surface area (Å²) in [6, 6.07) is 16.3. The summed E-state index contributed by atoms with van der Waals surface area (Å²) in [6.07, 6.45) is 0. The second kappa shape index (κ2) is 8.53. The average molecular weight is 386 g/mol. The topological polar surface area (TPSA) is 74.8 Å². The van der Waals surface area contributed by atoms with Gasteiger partial charge in [-0.15, -0.1) is 0 Å². The molecule has 0 bridgehead atoms. The van der Waals surface area contributed by atoms with Crippen LogP contribution < -0.4 is 9.64 Å². The SMILES string of the molecule is CCOc1ccc(S(=O)(=O)N2CC[NH+](Cc3ccc(C#N)cc3)CC2)cc1. The molecule has 0 atom stereocenters. The van der Waals surface area contributed by atoms with E-state index in [0.29, 0.717) is 35.9 Å². The molecule has 0 amide bonds. The van der Waals surface area contributed by atoms with Gasteiger partial charge >= 0.3 is 0 Å². The third kappa shape index (κ3) is 4.66. The molecule has 1 aliphatic heterocycles. The van der Waals surface area contributed by atoms with Crippen molar-refractivity contribution in [3.63, 3.8) is 0 Å². The molecule has 3 rings (SSSR count). The standard InChI is InChI=1S/C20H23N3O3S/c1-2-26-19-7-9-20(10-8-19)27(24,25)23-13-11-22(12-14-23)16-18-5-3-17(15-21)4-6-18/h3-10H,2,11-14,16H2,1H3/p+1. The van der Waals surface area contributed by atoms with E-state index in [1.165, 1.54) is 4.90 Å². The van der Waals surface area contributed by atoms with Crippen molar-refractivity contribution < 1.29 is 18.1 Å². The quantitative estimate of drug-likeness (QED) is 0.805. The summed E-state index contributed by atoms with van der Waals surface area (Å²) in [5.74, 6) is 0.674. The van der Waals surface area contributed by atoms with Gasteiger partial charge in [0.25, 0.3) is 0 Å². The molecule has 0 spiro atoms. The minimum absolute atomic E-state index is 0.307. The fraction of sp³-hybridized carbons (Fsp3) is 0.350. The summed E-state index contributed by atoms with van der Waals surface area (Å²) in [6.45, 7) is 5.80. The Bertz CT molecular complexity index is 895. The van der Waals surface area contributed by atoms with E-state index in [-0.39, 0.29) is 0 Å². The Kier molecular flexibility index (Phi) is 6.11. The molecule has 1 saturated heterocycles. The third-order valence-electron chi connectivity index (χ3n) is 4.74. The molecule has 0 unspecified atom stereocenters. The molecule has 1 aliphatic rings. The summed E-state index contributed by atoms with van der Waals surface area (Å²) in [5.41, 5.74) is 1.81. The highest BCUT2D eigenvalue weighted by molar-refractivity contribution is 7.89. The minimum Gasteiger partial charge on any atom is -0.494 e. The second-order valence-corrected chi connectivity index (χ2v) is 8.48. The Hall–Kier alpha value is -2.40. The normalized spacial score (nSPS) is 16.0. The fourth-order valence-electron chi connectivity index (χ4n) is 3.23. The van der Waals surface area contributed by atoms with Gasteiger partial charge in [0.05, 0.1) is 49.3 Å². The Balaban J connectivity index is 1.59. The van der Waals surface area contributed by atoms with Crippen LogP contribution in [0.3, 0.4) is 0 Å². The monoisotopic (exact) mass is 386 g/mol. The van der Waals surface area contributed by atoms with Crippen LogP contribution in [0.4, 0.5) is 0 Å². The molecule has 2 aromatic carbocycles. The second-order valence-electron chi connectivity index (χ2n) is 6.54. The van der Waals surface area contributed by atoms with E-state index in [0.717, 1.165) is 25.2 Å². The van der Waals surface area contributed by atoms with Gasteiger partial charge in [-0.1, -0.05) is 12.1 Å². The maximum Gasteiger partial charge on any atom is 0.243 e. The molecular formula is C20H24N3O3S+. The number of sulfonamides is 1. The molecular weight excluding hydrogens is 362 g/mol. The zero-order valence-electron chi connectivity index (χ0n) is 15.4. The molecule has 27 heavy (non-hydrogen) atoms. The Morgan fingerprint density at radius 2 is 1.70 bits per heavy atom. The number of nitriles is 1. The largest absolute Gasteiger partial charge is 0.494 e. The smallest absolute Gasteiger partial charge is 0.243 e. The molecule has 0 aliphatic carbocycles. The van der Waals surface area contributed by atoms with Crippen LogP contribution >= 0.6 is 0 Å². The van der Waals surface area contributed by atoms with Crippen LogP contribution in [0, 0.1) is 11.3 Å². The first-order valence-corrected chi connectivity index (χ1v) is 10.5. The number of hydrogen-bond donors (Lipinski definition) is 1. The minimum atomic E-state index is -3.47. The molecule has 0 radical (unpaired) electrons. The summed E-state index contributed by atoms with van der Waals surface area (Å²) < 4.78 is 32.6. The van der Waals surface area contributed by atoms with Crippen LogP contribution in [0.15, 0.2) is 53.4 Å². The lowest BCUT2D eigenvalue weighted by molar-refractivity contribution is -0.917. The first kappa shape index (κ1) is 19.4. The van der Waals surface area contributed by atoms with Crippen LogP contribution in [0.5, 0.6) is 5.75 Å². The highest BCUT2D eigenvalue weighted by atomic mass is 32.2. The van der Waals surface area contributed by atoms with Gasteiger partial charge in [-0.05, 0) is 43.3 Å². The Morgan fingerprint density at radius 3 is 2.26 bits per heavy atom. The van der Waals surface area contributed by atoms with Crippen molar-refractivity contribution in [2.45, 2.75) is 18.4 Å². The predicted octanol–water partition coefficient (Wildman–Crippen LogP) is 1.05. The van der Waals surface area contributed by atoms with Gasteiger partial charge in [0.2, 0.25) is 10.0 Å². The molecule has 1 N–H and O–H groups in total. The van der Waals surface area contributed by atoms with Crippen molar-refractivity contribution in [1.82, 2.24) is 4.31 Å². The first-order valence-electron chi connectivity index (χ1n) is 9.08. The highest BCUT2D eigenvalue weighted by Crippen LogP contribution is 2.19. The number of nitrogens with zero attached hydrogens (tertiary/aromatic N) is 2. The molecule has 7 heteroatoms. The number of quaternary nitrogens is 1. The first-order chi connectivity index (χ1) is 13.0. The number of hydrogen-bond acceptors (Lipinski definition) is 4. The lowest BCUT2D eigenvalue weighted by atomic mass is 10.1. The summed E-state index contributed by atoms with van der Waals surface area (Å²) >= 11 is 0. The van der Waals surface area contributed by atoms with Crippen LogP contribution in [0.2, 0.25) is 0 Å².